The van der Waals surface area contributed by atoms with Gasteiger partial charge in [0.25, 0.3) is 11.6 Å². The fraction of sp³-hybridized carbons (Fsp3) is 0.222. The van der Waals surface area contributed by atoms with E-state index in [1.54, 1.807) is 31.2 Å². The summed E-state index contributed by atoms with van der Waals surface area (Å²) in [5, 5.41) is 13.3. The average molecular weight is 358 g/mol. The minimum absolute atomic E-state index is 0.0274. The minimum atomic E-state index is -0.551. The first-order chi connectivity index (χ1) is 12.4. The third-order valence-electron chi connectivity index (χ3n) is 3.54. The van der Waals surface area contributed by atoms with Crippen molar-refractivity contribution in [2.24, 2.45) is 0 Å². The van der Waals surface area contributed by atoms with Crippen molar-refractivity contribution in [3.05, 3.63) is 58.1 Å². The van der Waals surface area contributed by atoms with E-state index in [2.05, 4.69) is 5.32 Å². The Morgan fingerprint density at radius 3 is 2.42 bits per heavy atom. The van der Waals surface area contributed by atoms with Gasteiger partial charge in [-0.1, -0.05) is 6.92 Å². The van der Waals surface area contributed by atoms with E-state index >= 15 is 0 Å². The number of nitro benzene ring substituents is 1. The number of amides is 1. The summed E-state index contributed by atoms with van der Waals surface area (Å²) in [7, 11) is 1.35. The van der Waals surface area contributed by atoms with E-state index in [0.717, 1.165) is 0 Å². The van der Waals surface area contributed by atoms with Gasteiger partial charge in [-0.05, 0) is 30.3 Å². The molecule has 0 aliphatic heterocycles. The van der Waals surface area contributed by atoms with Crippen molar-refractivity contribution >= 4 is 23.1 Å². The predicted octanol–water partition coefficient (Wildman–Crippen LogP) is 3.21. The Bertz CT molecular complexity index is 817. The quantitative estimate of drug-likeness (QED) is 0.441. The molecule has 136 valence electrons. The molecule has 0 atom stereocenters. The first kappa shape index (κ1) is 18.9. The first-order valence-electron chi connectivity index (χ1n) is 7.83. The molecular formula is C18H18N2O6. The number of rotatable bonds is 8. The number of nitro groups is 1. The summed E-state index contributed by atoms with van der Waals surface area (Å²) in [4.78, 5) is 33.8. The Kier molecular flexibility index (Phi) is 6.26. The molecule has 0 fully saturated rings. The summed E-state index contributed by atoms with van der Waals surface area (Å²) in [5.74, 6) is 0.198. The van der Waals surface area contributed by atoms with E-state index in [9.17, 15) is 19.7 Å². The zero-order valence-electron chi connectivity index (χ0n) is 14.4. The molecule has 8 nitrogen and oxygen atoms in total. The van der Waals surface area contributed by atoms with Gasteiger partial charge in [0, 0.05) is 18.1 Å². The van der Waals surface area contributed by atoms with Gasteiger partial charge >= 0.3 is 0 Å². The van der Waals surface area contributed by atoms with Crippen LogP contribution < -0.4 is 14.8 Å². The lowest BCUT2D eigenvalue weighted by molar-refractivity contribution is -0.384. The minimum Gasteiger partial charge on any atom is -0.494 e. The third-order valence-corrected chi connectivity index (χ3v) is 3.54. The van der Waals surface area contributed by atoms with Crippen LogP contribution in [-0.4, -0.2) is 30.3 Å². The highest BCUT2D eigenvalue weighted by Gasteiger charge is 2.13. The van der Waals surface area contributed by atoms with Crippen LogP contribution in [0.3, 0.4) is 0 Å². The van der Waals surface area contributed by atoms with Crippen LogP contribution in [0.15, 0.2) is 42.5 Å². The molecule has 2 aromatic carbocycles. The number of carbonyl (C=O) groups excluding carboxylic acids is 2. The number of non-ortho nitro benzene ring substituents is 1. The van der Waals surface area contributed by atoms with Crippen molar-refractivity contribution in [1.29, 1.82) is 0 Å². The second-order valence-electron chi connectivity index (χ2n) is 5.28. The number of ketones is 1. The lowest BCUT2D eigenvalue weighted by Gasteiger charge is -2.11. The monoisotopic (exact) mass is 358 g/mol. The van der Waals surface area contributed by atoms with E-state index < -0.39 is 10.8 Å². The summed E-state index contributed by atoms with van der Waals surface area (Å²) >= 11 is 0. The smallest absolute Gasteiger partial charge is 0.273 e. The molecule has 0 unspecified atom stereocenters. The van der Waals surface area contributed by atoms with Crippen molar-refractivity contribution in [3.8, 4) is 11.5 Å². The van der Waals surface area contributed by atoms with Crippen LogP contribution in [0.1, 0.15) is 23.7 Å². The van der Waals surface area contributed by atoms with Gasteiger partial charge in [0.15, 0.2) is 12.4 Å². The SMILES string of the molecule is CCC(=O)c1ccc(OCC(=O)Nc2ccc([N+](=O)[O-])cc2OC)cc1. The van der Waals surface area contributed by atoms with Crippen molar-refractivity contribution in [2.75, 3.05) is 19.0 Å². The lowest BCUT2D eigenvalue weighted by atomic mass is 10.1. The molecule has 0 bridgehead atoms. The average Bonchev–Trinajstić information content (AvgIpc) is 2.66. The van der Waals surface area contributed by atoms with E-state index in [4.69, 9.17) is 9.47 Å². The van der Waals surface area contributed by atoms with Gasteiger partial charge < -0.3 is 14.8 Å². The zero-order chi connectivity index (χ0) is 19.1. The van der Waals surface area contributed by atoms with E-state index in [-0.39, 0.29) is 23.8 Å². The van der Waals surface area contributed by atoms with Crippen LogP contribution in [0.25, 0.3) is 0 Å². The standard InChI is InChI=1S/C18H18N2O6/c1-3-16(21)12-4-7-14(8-5-12)26-11-18(22)19-15-9-6-13(20(23)24)10-17(15)25-2/h4-10H,3,11H2,1-2H3,(H,19,22). The number of nitrogens with zero attached hydrogens (tertiary/aromatic N) is 1. The lowest BCUT2D eigenvalue weighted by Crippen LogP contribution is -2.20. The molecule has 0 aliphatic rings. The maximum Gasteiger partial charge on any atom is 0.273 e. The van der Waals surface area contributed by atoms with Crippen LogP contribution >= 0.6 is 0 Å². The molecule has 0 saturated carbocycles. The number of methoxy groups -OCH3 is 1. The molecule has 1 amide bonds. The molecule has 0 aromatic heterocycles. The molecule has 8 heteroatoms. The molecular weight excluding hydrogens is 340 g/mol. The van der Waals surface area contributed by atoms with Crippen molar-refractivity contribution < 1.29 is 24.0 Å². The molecule has 0 aliphatic carbocycles. The van der Waals surface area contributed by atoms with Crippen LogP contribution in [0.2, 0.25) is 0 Å². The zero-order valence-corrected chi connectivity index (χ0v) is 14.4. The molecule has 0 radical (unpaired) electrons. The molecule has 26 heavy (non-hydrogen) atoms. The summed E-state index contributed by atoms with van der Waals surface area (Å²) in [6.07, 6.45) is 0.416. The maximum atomic E-state index is 12.0. The summed E-state index contributed by atoms with van der Waals surface area (Å²) in [6, 6.07) is 10.4. The Balaban J connectivity index is 1.96. The molecule has 2 rings (SSSR count). The largest absolute Gasteiger partial charge is 0.494 e. The number of nitrogens with one attached hydrogen (secondary N) is 1. The van der Waals surface area contributed by atoms with Crippen LogP contribution in [0.5, 0.6) is 11.5 Å². The molecule has 0 spiro atoms. The number of carbonyl (C=O) groups is 2. The number of anilines is 1. The van der Waals surface area contributed by atoms with Crippen LogP contribution in [0, 0.1) is 10.1 Å². The number of hydrogen-bond donors (Lipinski definition) is 1. The van der Waals surface area contributed by atoms with Crippen molar-refractivity contribution in [3.63, 3.8) is 0 Å². The second kappa shape index (κ2) is 8.61. The highest BCUT2D eigenvalue weighted by molar-refractivity contribution is 5.96. The Morgan fingerprint density at radius 1 is 1.15 bits per heavy atom. The molecule has 0 saturated heterocycles. The number of hydrogen-bond acceptors (Lipinski definition) is 6. The van der Waals surface area contributed by atoms with Crippen LogP contribution in [0.4, 0.5) is 11.4 Å². The van der Waals surface area contributed by atoms with Crippen molar-refractivity contribution in [1.82, 2.24) is 0 Å². The van der Waals surface area contributed by atoms with Gasteiger partial charge in [-0.15, -0.1) is 0 Å². The van der Waals surface area contributed by atoms with Gasteiger partial charge in [0.05, 0.1) is 23.8 Å². The highest BCUT2D eigenvalue weighted by atomic mass is 16.6. The Labute approximate surface area is 149 Å². The maximum absolute atomic E-state index is 12.0. The molecule has 2 aromatic rings. The topological polar surface area (TPSA) is 108 Å². The predicted molar refractivity (Wildman–Crippen MR) is 94.8 cm³/mol. The Hall–Kier alpha value is -3.42. The van der Waals surface area contributed by atoms with Gasteiger partial charge in [-0.2, -0.15) is 0 Å². The fourth-order valence-corrected chi connectivity index (χ4v) is 2.17. The summed E-state index contributed by atoms with van der Waals surface area (Å²) < 4.78 is 10.4. The first-order valence-corrected chi connectivity index (χ1v) is 7.83. The number of Topliss-reactive ketones (excluding diaryl/α,β-unsaturated/α-hetero) is 1. The Morgan fingerprint density at radius 2 is 1.85 bits per heavy atom. The number of ether oxygens (including phenoxy) is 2. The third kappa shape index (κ3) is 4.79. The van der Waals surface area contributed by atoms with E-state index in [1.165, 1.54) is 25.3 Å². The van der Waals surface area contributed by atoms with Gasteiger partial charge in [0.1, 0.15) is 11.5 Å². The van der Waals surface area contributed by atoms with Gasteiger partial charge in [0.2, 0.25) is 0 Å². The normalized spacial score (nSPS) is 10.1. The van der Waals surface area contributed by atoms with E-state index in [1.807, 2.05) is 0 Å². The highest BCUT2D eigenvalue weighted by Crippen LogP contribution is 2.28. The van der Waals surface area contributed by atoms with Gasteiger partial charge in [-0.25, -0.2) is 0 Å². The van der Waals surface area contributed by atoms with Gasteiger partial charge in [-0.3, -0.25) is 19.7 Å². The fourth-order valence-electron chi connectivity index (χ4n) is 2.17. The molecule has 0 heterocycles. The number of benzene rings is 2. The molecule has 1 N–H and O–H groups in total. The summed E-state index contributed by atoms with van der Waals surface area (Å²) in [5.41, 5.74) is 0.744. The summed E-state index contributed by atoms with van der Waals surface area (Å²) in [6.45, 7) is 1.52. The second-order valence-corrected chi connectivity index (χ2v) is 5.28. The van der Waals surface area contributed by atoms with Crippen molar-refractivity contribution in [2.45, 2.75) is 13.3 Å². The van der Waals surface area contributed by atoms with E-state index in [0.29, 0.717) is 23.4 Å². The van der Waals surface area contributed by atoms with Crippen LogP contribution in [-0.2, 0) is 4.79 Å².